The summed E-state index contributed by atoms with van der Waals surface area (Å²) in [5.74, 6) is 0.737. The summed E-state index contributed by atoms with van der Waals surface area (Å²) in [4.78, 5) is 9.32. The number of guanidine groups is 1. The van der Waals surface area contributed by atoms with Gasteiger partial charge in [-0.05, 0) is 38.8 Å². The zero-order chi connectivity index (χ0) is 12.8. The summed E-state index contributed by atoms with van der Waals surface area (Å²) >= 11 is 0. The van der Waals surface area contributed by atoms with Crippen molar-refractivity contribution in [1.82, 2.24) is 9.80 Å². The van der Waals surface area contributed by atoms with Crippen molar-refractivity contribution < 1.29 is 0 Å². The summed E-state index contributed by atoms with van der Waals surface area (Å²) in [7, 11) is 2.07. The lowest BCUT2D eigenvalue weighted by molar-refractivity contribution is 0.305. The highest BCUT2D eigenvalue weighted by molar-refractivity contribution is 5.77. The average Bonchev–Trinajstić information content (AvgIpc) is 2.90. The Labute approximate surface area is 111 Å². The Morgan fingerprint density at radius 1 is 1.17 bits per heavy atom. The summed E-state index contributed by atoms with van der Waals surface area (Å²) in [6.07, 6.45) is 9.17. The summed E-state index contributed by atoms with van der Waals surface area (Å²) in [6, 6.07) is 0.480. The molecular weight excluding hydrogens is 224 g/mol. The highest BCUT2D eigenvalue weighted by Crippen LogP contribution is 2.20. The van der Waals surface area contributed by atoms with Gasteiger partial charge >= 0.3 is 0 Å². The van der Waals surface area contributed by atoms with Gasteiger partial charge in [0, 0.05) is 20.1 Å². The molecule has 0 radical (unpaired) electrons. The normalized spacial score (nSPS) is 23.5. The van der Waals surface area contributed by atoms with Crippen LogP contribution in [0, 0.1) is 0 Å². The molecule has 0 spiro atoms. The maximum atomic E-state index is 6.09. The topological polar surface area (TPSA) is 44.9 Å². The van der Waals surface area contributed by atoms with Crippen molar-refractivity contribution in [2.45, 2.75) is 51.0 Å². The minimum atomic E-state index is 0.480. The average molecular weight is 252 g/mol. The molecule has 1 saturated carbocycles. The summed E-state index contributed by atoms with van der Waals surface area (Å²) in [6.45, 7) is 4.64. The number of likely N-dealkylation sites (N-methyl/N-ethyl adjacent to an activating group) is 1. The Hall–Kier alpha value is -0.770. The van der Waals surface area contributed by atoms with Crippen LogP contribution < -0.4 is 5.73 Å². The molecule has 1 heterocycles. The Morgan fingerprint density at radius 3 is 2.50 bits per heavy atom. The van der Waals surface area contributed by atoms with E-state index in [1.807, 2.05) is 0 Å². The molecule has 4 nitrogen and oxygen atoms in total. The standard InChI is InChI=1S/C14H28N4/c1-17(11-12-18-9-5-6-10-18)14(15)16-13-7-3-2-4-8-13/h13H,2-12H2,1H3,(H2,15,16). The molecular formula is C14H28N4. The highest BCUT2D eigenvalue weighted by atomic mass is 15.3. The van der Waals surface area contributed by atoms with Crippen LogP contribution in [0.25, 0.3) is 0 Å². The van der Waals surface area contributed by atoms with Crippen LogP contribution in [0.3, 0.4) is 0 Å². The third kappa shape index (κ3) is 4.16. The first-order chi connectivity index (χ1) is 8.75. The van der Waals surface area contributed by atoms with Crippen LogP contribution in [0.2, 0.25) is 0 Å². The second-order valence-corrected chi connectivity index (χ2v) is 5.75. The smallest absolute Gasteiger partial charge is 0.191 e. The molecule has 2 fully saturated rings. The van der Waals surface area contributed by atoms with Crippen molar-refractivity contribution in [3.63, 3.8) is 0 Å². The molecule has 0 bridgehead atoms. The molecule has 18 heavy (non-hydrogen) atoms. The second kappa shape index (κ2) is 6.98. The molecule has 0 aromatic heterocycles. The van der Waals surface area contributed by atoms with Crippen LogP contribution in [0.15, 0.2) is 4.99 Å². The lowest BCUT2D eigenvalue weighted by Crippen LogP contribution is -2.40. The van der Waals surface area contributed by atoms with E-state index in [-0.39, 0.29) is 0 Å². The molecule has 1 aliphatic heterocycles. The Balaban J connectivity index is 1.72. The first-order valence-electron chi connectivity index (χ1n) is 7.52. The lowest BCUT2D eigenvalue weighted by atomic mass is 9.96. The van der Waals surface area contributed by atoms with E-state index in [0.717, 1.165) is 19.0 Å². The molecule has 4 heteroatoms. The van der Waals surface area contributed by atoms with Crippen LogP contribution in [0.4, 0.5) is 0 Å². The van der Waals surface area contributed by atoms with Crippen molar-refractivity contribution >= 4 is 5.96 Å². The van der Waals surface area contributed by atoms with Crippen LogP contribution in [-0.2, 0) is 0 Å². The predicted octanol–water partition coefficient (Wildman–Crippen LogP) is 1.66. The Kier molecular flexibility index (Phi) is 5.29. The molecule has 0 atom stereocenters. The molecule has 104 valence electrons. The molecule has 1 saturated heterocycles. The van der Waals surface area contributed by atoms with Crippen LogP contribution in [-0.4, -0.2) is 55.0 Å². The van der Waals surface area contributed by atoms with E-state index in [1.54, 1.807) is 0 Å². The van der Waals surface area contributed by atoms with Crippen LogP contribution in [0.1, 0.15) is 44.9 Å². The monoisotopic (exact) mass is 252 g/mol. The largest absolute Gasteiger partial charge is 0.370 e. The van der Waals surface area contributed by atoms with E-state index in [9.17, 15) is 0 Å². The fraction of sp³-hybridized carbons (Fsp3) is 0.929. The Morgan fingerprint density at radius 2 is 1.83 bits per heavy atom. The zero-order valence-electron chi connectivity index (χ0n) is 11.8. The number of hydrogen-bond donors (Lipinski definition) is 1. The number of aliphatic imine (C=N–C) groups is 1. The van der Waals surface area contributed by atoms with Crippen molar-refractivity contribution in [1.29, 1.82) is 0 Å². The van der Waals surface area contributed by atoms with Gasteiger partial charge in [-0.25, -0.2) is 4.99 Å². The molecule has 2 N–H and O–H groups in total. The van der Waals surface area contributed by atoms with Crippen molar-refractivity contribution in [2.24, 2.45) is 10.7 Å². The van der Waals surface area contributed by atoms with Gasteiger partial charge in [0.25, 0.3) is 0 Å². The van der Waals surface area contributed by atoms with Crippen molar-refractivity contribution in [3.8, 4) is 0 Å². The summed E-state index contributed by atoms with van der Waals surface area (Å²) < 4.78 is 0. The third-order valence-electron chi connectivity index (χ3n) is 4.23. The van der Waals surface area contributed by atoms with E-state index in [1.165, 1.54) is 58.0 Å². The quantitative estimate of drug-likeness (QED) is 0.611. The fourth-order valence-electron chi connectivity index (χ4n) is 2.91. The molecule has 0 amide bonds. The SMILES string of the molecule is CN(CCN1CCCC1)C(N)=NC1CCCCC1. The summed E-state index contributed by atoms with van der Waals surface area (Å²) in [5.41, 5.74) is 6.09. The number of rotatable bonds is 4. The molecule has 0 aromatic carbocycles. The molecule has 0 aromatic rings. The number of nitrogens with zero attached hydrogens (tertiary/aromatic N) is 3. The minimum absolute atomic E-state index is 0.480. The van der Waals surface area contributed by atoms with Gasteiger partial charge in [0.2, 0.25) is 0 Å². The van der Waals surface area contributed by atoms with Gasteiger partial charge in [0.15, 0.2) is 5.96 Å². The van der Waals surface area contributed by atoms with Crippen molar-refractivity contribution in [3.05, 3.63) is 0 Å². The molecule has 1 aliphatic carbocycles. The van der Waals surface area contributed by atoms with Crippen LogP contribution >= 0.6 is 0 Å². The first kappa shape index (κ1) is 13.7. The van der Waals surface area contributed by atoms with Crippen LogP contribution in [0.5, 0.6) is 0 Å². The van der Waals surface area contributed by atoms with E-state index in [4.69, 9.17) is 5.73 Å². The second-order valence-electron chi connectivity index (χ2n) is 5.75. The molecule has 2 rings (SSSR count). The van der Waals surface area contributed by atoms with Gasteiger partial charge < -0.3 is 15.5 Å². The van der Waals surface area contributed by atoms with E-state index in [0.29, 0.717) is 6.04 Å². The van der Waals surface area contributed by atoms with Gasteiger partial charge in [-0.15, -0.1) is 0 Å². The van der Waals surface area contributed by atoms with Gasteiger partial charge in [-0.3, -0.25) is 0 Å². The number of hydrogen-bond acceptors (Lipinski definition) is 2. The van der Waals surface area contributed by atoms with Gasteiger partial charge in [0.05, 0.1) is 6.04 Å². The third-order valence-corrected chi connectivity index (χ3v) is 4.23. The number of nitrogens with two attached hydrogens (primary N) is 1. The maximum absolute atomic E-state index is 6.09. The Bertz CT molecular complexity index is 265. The summed E-state index contributed by atoms with van der Waals surface area (Å²) in [5, 5.41) is 0. The van der Waals surface area contributed by atoms with E-state index >= 15 is 0 Å². The van der Waals surface area contributed by atoms with E-state index < -0.39 is 0 Å². The van der Waals surface area contributed by atoms with E-state index in [2.05, 4.69) is 21.8 Å². The zero-order valence-corrected chi connectivity index (χ0v) is 11.8. The number of likely N-dealkylation sites (tertiary alicyclic amines) is 1. The highest BCUT2D eigenvalue weighted by Gasteiger charge is 2.15. The minimum Gasteiger partial charge on any atom is -0.370 e. The lowest BCUT2D eigenvalue weighted by Gasteiger charge is -2.24. The first-order valence-corrected chi connectivity index (χ1v) is 7.52. The van der Waals surface area contributed by atoms with Gasteiger partial charge in [-0.2, -0.15) is 0 Å². The molecule has 0 unspecified atom stereocenters. The molecule has 2 aliphatic rings. The maximum Gasteiger partial charge on any atom is 0.191 e. The van der Waals surface area contributed by atoms with Gasteiger partial charge in [-0.1, -0.05) is 19.3 Å². The fourth-order valence-corrected chi connectivity index (χ4v) is 2.91. The van der Waals surface area contributed by atoms with Gasteiger partial charge in [0.1, 0.15) is 0 Å². The predicted molar refractivity (Wildman–Crippen MR) is 76.8 cm³/mol. The van der Waals surface area contributed by atoms with Crippen molar-refractivity contribution in [2.75, 3.05) is 33.2 Å².